The van der Waals surface area contributed by atoms with E-state index in [0.29, 0.717) is 6.42 Å². The summed E-state index contributed by atoms with van der Waals surface area (Å²) >= 11 is 0. The van der Waals surface area contributed by atoms with E-state index in [1.165, 1.54) is 6.26 Å². The van der Waals surface area contributed by atoms with E-state index in [0.717, 1.165) is 11.1 Å². The van der Waals surface area contributed by atoms with Crippen molar-refractivity contribution in [1.29, 1.82) is 0 Å². The average molecular weight is 473 g/mol. The van der Waals surface area contributed by atoms with Gasteiger partial charge in [-0.25, -0.2) is 4.79 Å². The molecule has 0 spiro atoms. The van der Waals surface area contributed by atoms with Crippen molar-refractivity contribution >= 4 is 28.6 Å². The maximum absolute atomic E-state index is 13.1. The number of carbonyl (C=O) groups is 3. The fraction of sp³-hybridized carbons (Fsp3) is 0.400. The van der Waals surface area contributed by atoms with E-state index in [4.69, 9.17) is 4.74 Å². The van der Waals surface area contributed by atoms with Crippen LogP contribution in [0.15, 0.2) is 60.7 Å². The van der Waals surface area contributed by atoms with E-state index in [9.17, 15) is 18.6 Å². The van der Waals surface area contributed by atoms with Crippen LogP contribution in [-0.2, 0) is 38.2 Å². The monoisotopic (exact) mass is 472 g/mol. The van der Waals surface area contributed by atoms with E-state index >= 15 is 0 Å². The van der Waals surface area contributed by atoms with E-state index in [2.05, 4.69) is 10.6 Å². The Morgan fingerprint density at radius 2 is 1.45 bits per heavy atom. The summed E-state index contributed by atoms with van der Waals surface area (Å²) in [6, 6.07) is 16.8. The average Bonchev–Trinajstić information content (AvgIpc) is 2.77. The smallest absolute Gasteiger partial charge is 0.408 e. The second-order valence-corrected chi connectivity index (χ2v) is 9.76. The molecule has 0 aliphatic carbocycles. The molecule has 0 aromatic heterocycles. The van der Waals surface area contributed by atoms with Gasteiger partial charge in [0.2, 0.25) is 5.91 Å². The summed E-state index contributed by atoms with van der Waals surface area (Å²) in [5, 5.41) is 5.38. The lowest BCUT2D eigenvalue weighted by molar-refractivity contribution is -0.128. The third-order valence-electron chi connectivity index (χ3n) is 4.86. The highest BCUT2D eigenvalue weighted by Crippen LogP contribution is 2.09. The second-order valence-electron chi connectivity index (χ2n) is 8.32. The Balaban J connectivity index is 2.07. The van der Waals surface area contributed by atoms with E-state index < -0.39 is 34.9 Å². The molecule has 2 amide bonds. The third-order valence-corrected chi connectivity index (χ3v) is 5.55. The number of alkyl carbamates (subject to hydrolysis) is 1. The Bertz CT molecular complexity index is 934. The molecule has 2 N–H and O–H groups in total. The molecule has 2 aromatic rings. The lowest BCUT2D eigenvalue weighted by atomic mass is 10.00. The van der Waals surface area contributed by atoms with Crippen LogP contribution in [0.3, 0.4) is 0 Å². The predicted molar refractivity (Wildman–Crippen MR) is 129 cm³/mol. The molecule has 0 aliphatic rings. The molecular weight excluding hydrogens is 440 g/mol. The third kappa shape index (κ3) is 9.99. The van der Waals surface area contributed by atoms with Crippen LogP contribution < -0.4 is 10.6 Å². The zero-order chi connectivity index (χ0) is 24.2. The summed E-state index contributed by atoms with van der Waals surface area (Å²) < 4.78 is 16.9. The van der Waals surface area contributed by atoms with Crippen LogP contribution in [0.2, 0.25) is 0 Å². The Morgan fingerprint density at radius 1 is 0.879 bits per heavy atom. The molecule has 0 aliphatic heterocycles. The van der Waals surface area contributed by atoms with Gasteiger partial charge in [0, 0.05) is 17.1 Å². The van der Waals surface area contributed by atoms with Crippen LogP contribution in [0.5, 0.6) is 0 Å². The Labute approximate surface area is 197 Å². The molecule has 8 heteroatoms. The van der Waals surface area contributed by atoms with E-state index in [1.807, 2.05) is 74.5 Å². The quantitative estimate of drug-likeness (QED) is 0.495. The number of nitrogens with one attached hydrogen (secondary N) is 2. The molecule has 1 unspecified atom stereocenters. The molecule has 7 nitrogen and oxygen atoms in total. The van der Waals surface area contributed by atoms with Crippen molar-refractivity contribution in [2.24, 2.45) is 5.92 Å². The second kappa shape index (κ2) is 13.5. The number of carbonyl (C=O) groups excluding carboxylic acids is 3. The van der Waals surface area contributed by atoms with Crippen LogP contribution in [0.4, 0.5) is 4.79 Å². The Morgan fingerprint density at radius 3 is 2.00 bits per heavy atom. The lowest BCUT2D eigenvalue weighted by Crippen LogP contribution is -2.53. The molecule has 0 saturated heterocycles. The van der Waals surface area contributed by atoms with Gasteiger partial charge in [0.25, 0.3) is 0 Å². The molecule has 178 valence electrons. The summed E-state index contributed by atoms with van der Waals surface area (Å²) in [6.45, 7) is 3.95. The van der Waals surface area contributed by atoms with E-state index in [-0.39, 0.29) is 30.5 Å². The minimum Gasteiger partial charge on any atom is -0.445 e. The van der Waals surface area contributed by atoms with Crippen molar-refractivity contribution in [1.82, 2.24) is 10.6 Å². The van der Waals surface area contributed by atoms with Crippen molar-refractivity contribution < 1.29 is 23.3 Å². The topological polar surface area (TPSA) is 102 Å². The van der Waals surface area contributed by atoms with Crippen LogP contribution in [0, 0.1) is 5.92 Å². The van der Waals surface area contributed by atoms with Gasteiger partial charge in [0.1, 0.15) is 12.6 Å². The highest BCUT2D eigenvalue weighted by Gasteiger charge is 2.28. The van der Waals surface area contributed by atoms with Crippen LogP contribution in [0.1, 0.15) is 31.4 Å². The summed E-state index contributed by atoms with van der Waals surface area (Å²) in [5.41, 5.74) is 1.70. The molecule has 0 saturated carbocycles. The van der Waals surface area contributed by atoms with Gasteiger partial charge in [-0.2, -0.15) is 0 Å². The zero-order valence-electron chi connectivity index (χ0n) is 19.3. The Kier molecular flexibility index (Phi) is 10.8. The largest absolute Gasteiger partial charge is 0.445 e. The minimum atomic E-state index is -1.33. The molecular formula is C25H32N2O5S. The van der Waals surface area contributed by atoms with Gasteiger partial charge in [0.05, 0.1) is 11.8 Å². The molecule has 2 aromatic carbocycles. The number of benzene rings is 2. The molecule has 0 bridgehead atoms. The summed E-state index contributed by atoms with van der Waals surface area (Å²) in [4.78, 5) is 38.1. The van der Waals surface area contributed by atoms with Gasteiger partial charge in [-0.3, -0.25) is 13.8 Å². The fourth-order valence-electron chi connectivity index (χ4n) is 3.28. The van der Waals surface area contributed by atoms with Crippen molar-refractivity contribution in [2.75, 3.05) is 12.0 Å². The first-order chi connectivity index (χ1) is 15.7. The molecule has 0 heterocycles. The number of ketones is 1. The SMILES string of the molecule is CC(C)C[C@H](NC(=O)OCc1ccccc1)C(=O)N[C@@H](Cc1ccccc1)C(=O)CS(C)=O. The summed E-state index contributed by atoms with van der Waals surface area (Å²) in [6.07, 6.45) is 1.39. The number of Topliss-reactive ketones (excluding diaryl/α,β-unsaturated/α-hetero) is 1. The van der Waals surface area contributed by atoms with Crippen molar-refractivity contribution in [3.8, 4) is 0 Å². The first kappa shape index (κ1) is 26.3. The summed E-state index contributed by atoms with van der Waals surface area (Å²) in [5.74, 6) is -0.833. The van der Waals surface area contributed by atoms with Crippen LogP contribution in [-0.4, -0.2) is 46.1 Å². The molecule has 33 heavy (non-hydrogen) atoms. The Hall–Kier alpha value is -3.00. The predicted octanol–water partition coefficient (Wildman–Crippen LogP) is 3.00. The maximum atomic E-state index is 13.1. The number of rotatable bonds is 12. The van der Waals surface area contributed by atoms with Gasteiger partial charge in [-0.05, 0) is 29.9 Å². The highest BCUT2D eigenvalue weighted by molar-refractivity contribution is 7.85. The fourth-order valence-corrected chi connectivity index (χ4v) is 3.88. The van der Waals surface area contributed by atoms with E-state index in [1.54, 1.807) is 0 Å². The lowest BCUT2D eigenvalue weighted by Gasteiger charge is -2.24. The number of amides is 2. The summed E-state index contributed by atoms with van der Waals surface area (Å²) in [7, 11) is -1.33. The van der Waals surface area contributed by atoms with Gasteiger partial charge in [0.15, 0.2) is 5.78 Å². The van der Waals surface area contributed by atoms with Crippen molar-refractivity contribution in [2.45, 2.75) is 45.4 Å². The van der Waals surface area contributed by atoms with Gasteiger partial charge in [-0.1, -0.05) is 74.5 Å². The van der Waals surface area contributed by atoms with Gasteiger partial charge in [-0.15, -0.1) is 0 Å². The number of hydrogen-bond acceptors (Lipinski definition) is 5. The van der Waals surface area contributed by atoms with Crippen molar-refractivity contribution in [3.05, 3.63) is 71.8 Å². The van der Waals surface area contributed by atoms with Gasteiger partial charge >= 0.3 is 6.09 Å². The normalized spacial score (nSPS) is 13.6. The molecule has 0 radical (unpaired) electrons. The molecule has 3 atom stereocenters. The maximum Gasteiger partial charge on any atom is 0.408 e. The van der Waals surface area contributed by atoms with Crippen LogP contribution in [0.25, 0.3) is 0 Å². The minimum absolute atomic E-state index is 0.0835. The highest BCUT2D eigenvalue weighted by atomic mass is 32.2. The zero-order valence-corrected chi connectivity index (χ0v) is 20.1. The van der Waals surface area contributed by atoms with Crippen molar-refractivity contribution in [3.63, 3.8) is 0 Å². The first-order valence-electron chi connectivity index (χ1n) is 10.9. The first-order valence-corrected chi connectivity index (χ1v) is 12.6. The van der Waals surface area contributed by atoms with Gasteiger partial charge < -0.3 is 15.4 Å². The number of hydrogen-bond donors (Lipinski definition) is 2. The molecule has 0 fully saturated rings. The standard InChI is InChI=1S/C25H32N2O5S/c1-18(2)14-22(27-25(30)32-16-20-12-8-5-9-13-20)24(29)26-21(23(28)17-33(3)31)15-19-10-6-4-7-11-19/h4-13,18,21-22H,14-17H2,1-3H3,(H,26,29)(H,27,30)/t21-,22-,33?/m0/s1. The van der Waals surface area contributed by atoms with Crippen LogP contribution >= 0.6 is 0 Å². The molecule has 2 rings (SSSR count). The number of ether oxygens (including phenoxy) is 1.